The zero-order valence-corrected chi connectivity index (χ0v) is 15.6. The third-order valence-corrected chi connectivity index (χ3v) is 3.87. The number of aromatic nitrogens is 3. The van der Waals surface area contributed by atoms with Crippen LogP contribution in [0.1, 0.15) is 30.6 Å². The second-order valence-corrected chi connectivity index (χ2v) is 5.85. The first-order chi connectivity index (χ1) is 12.6. The van der Waals surface area contributed by atoms with Crippen LogP contribution in [0.4, 0.5) is 4.39 Å². The van der Waals surface area contributed by atoms with E-state index in [1.807, 2.05) is 31.5 Å². The normalized spacial score (nSPS) is 11.6. The van der Waals surface area contributed by atoms with Crippen molar-refractivity contribution < 1.29 is 9.13 Å². The second kappa shape index (κ2) is 10.5. The van der Waals surface area contributed by atoms with Crippen LogP contribution in [-0.4, -0.2) is 40.5 Å². The summed E-state index contributed by atoms with van der Waals surface area (Å²) >= 11 is 0. The molecule has 0 aliphatic carbocycles. The molecule has 0 fully saturated rings. The highest BCUT2D eigenvalue weighted by Crippen LogP contribution is 2.04. The van der Waals surface area contributed by atoms with Gasteiger partial charge in [0.25, 0.3) is 0 Å². The van der Waals surface area contributed by atoms with Crippen LogP contribution in [0.3, 0.4) is 0 Å². The van der Waals surface area contributed by atoms with Crippen LogP contribution >= 0.6 is 0 Å². The van der Waals surface area contributed by atoms with Gasteiger partial charge in [-0.3, -0.25) is 0 Å². The lowest BCUT2D eigenvalue weighted by atomic mass is 10.2. The molecule has 0 radical (unpaired) electrons. The molecule has 0 unspecified atom stereocenters. The number of halogens is 1. The van der Waals surface area contributed by atoms with E-state index in [0.717, 1.165) is 30.2 Å². The van der Waals surface area contributed by atoms with Gasteiger partial charge in [0.2, 0.25) is 0 Å². The summed E-state index contributed by atoms with van der Waals surface area (Å²) < 4.78 is 20.6. The molecule has 2 aromatic rings. The van der Waals surface area contributed by atoms with E-state index < -0.39 is 0 Å². The maximum absolute atomic E-state index is 13.3. The van der Waals surface area contributed by atoms with Gasteiger partial charge in [-0.15, -0.1) is 10.2 Å². The summed E-state index contributed by atoms with van der Waals surface area (Å²) in [5, 5.41) is 14.7. The Morgan fingerprint density at radius 2 is 2.15 bits per heavy atom. The van der Waals surface area contributed by atoms with Crippen LogP contribution in [0.15, 0.2) is 29.3 Å². The van der Waals surface area contributed by atoms with Crippen molar-refractivity contribution in [2.45, 2.75) is 33.4 Å². The van der Waals surface area contributed by atoms with Crippen molar-refractivity contribution in [1.29, 1.82) is 0 Å². The predicted octanol–water partition coefficient (Wildman–Crippen LogP) is 1.92. The summed E-state index contributed by atoms with van der Waals surface area (Å²) in [5.74, 6) is 2.06. The highest BCUT2D eigenvalue weighted by Gasteiger charge is 2.06. The van der Waals surface area contributed by atoms with Crippen molar-refractivity contribution in [2.24, 2.45) is 12.0 Å². The Bertz CT molecular complexity index is 715. The van der Waals surface area contributed by atoms with Crippen LogP contribution in [0.5, 0.6) is 0 Å². The van der Waals surface area contributed by atoms with Crippen molar-refractivity contribution in [3.63, 3.8) is 0 Å². The van der Waals surface area contributed by atoms with Gasteiger partial charge in [-0.2, -0.15) is 0 Å². The average Bonchev–Trinajstić information content (AvgIpc) is 2.95. The van der Waals surface area contributed by atoms with Gasteiger partial charge < -0.3 is 19.9 Å². The molecule has 1 aromatic heterocycles. The maximum Gasteiger partial charge on any atom is 0.191 e. The lowest BCUT2D eigenvalue weighted by Gasteiger charge is -2.12. The second-order valence-electron chi connectivity index (χ2n) is 5.85. The minimum absolute atomic E-state index is 0.258. The SMILES string of the molecule is CCOCCCNC(=NCc1cccc(F)c1)NCc1nnc(C)n1C. The fraction of sp³-hybridized carbons (Fsp3) is 0.500. The molecular weight excluding hydrogens is 335 g/mol. The maximum atomic E-state index is 13.3. The summed E-state index contributed by atoms with van der Waals surface area (Å²) in [6.45, 7) is 6.90. The number of hydrogen-bond donors (Lipinski definition) is 2. The monoisotopic (exact) mass is 362 g/mol. The summed E-state index contributed by atoms with van der Waals surface area (Å²) in [5.41, 5.74) is 0.815. The van der Waals surface area contributed by atoms with Crippen molar-refractivity contribution in [2.75, 3.05) is 19.8 Å². The van der Waals surface area contributed by atoms with E-state index in [1.54, 1.807) is 6.07 Å². The molecule has 0 saturated carbocycles. The number of nitrogens with zero attached hydrogens (tertiary/aromatic N) is 4. The van der Waals surface area contributed by atoms with Crippen LogP contribution in [0.25, 0.3) is 0 Å². The van der Waals surface area contributed by atoms with Gasteiger partial charge >= 0.3 is 0 Å². The Morgan fingerprint density at radius 3 is 2.85 bits per heavy atom. The third kappa shape index (κ3) is 6.44. The minimum atomic E-state index is -0.258. The molecule has 2 N–H and O–H groups in total. The van der Waals surface area contributed by atoms with E-state index in [0.29, 0.717) is 32.3 Å². The minimum Gasteiger partial charge on any atom is -0.382 e. The van der Waals surface area contributed by atoms with Crippen LogP contribution < -0.4 is 10.6 Å². The highest BCUT2D eigenvalue weighted by molar-refractivity contribution is 5.79. The largest absolute Gasteiger partial charge is 0.382 e. The Balaban J connectivity index is 1.95. The Labute approximate surface area is 153 Å². The zero-order valence-electron chi connectivity index (χ0n) is 15.6. The van der Waals surface area contributed by atoms with Crippen molar-refractivity contribution in [3.05, 3.63) is 47.3 Å². The van der Waals surface area contributed by atoms with Gasteiger partial charge in [-0.1, -0.05) is 12.1 Å². The molecule has 26 heavy (non-hydrogen) atoms. The predicted molar refractivity (Wildman–Crippen MR) is 99.2 cm³/mol. The summed E-state index contributed by atoms with van der Waals surface area (Å²) in [7, 11) is 1.92. The van der Waals surface area contributed by atoms with Crippen molar-refractivity contribution in [1.82, 2.24) is 25.4 Å². The number of aryl methyl sites for hydroxylation is 1. The first-order valence-electron chi connectivity index (χ1n) is 8.79. The molecule has 0 spiro atoms. The Kier molecular flexibility index (Phi) is 8.01. The van der Waals surface area contributed by atoms with E-state index in [2.05, 4.69) is 25.8 Å². The van der Waals surface area contributed by atoms with Crippen LogP contribution in [0.2, 0.25) is 0 Å². The van der Waals surface area contributed by atoms with Gasteiger partial charge in [0.1, 0.15) is 11.6 Å². The molecule has 0 atom stereocenters. The van der Waals surface area contributed by atoms with Gasteiger partial charge in [-0.05, 0) is 38.0 Å². The number of benzene rings is 1. The summed E-state index contributed by atoms with van der Waals surface area (Å²) in [6, 6.07) is 6.45. The lowest BCUT2D eigenvalue weighted by molar-refractivity contribution is 0.145. The zero-order chi connectivity index (χ0) is 18.8. The summed E-state index contributed by atoms with van der Waals surface area (Å²) in [4.78, 5) is 4.53. The van der Waals surface area contributed by atoms with Crippen molar-refractivity contribution in [3.8, 4) is 0 Å². The lowest BCUT2D eigenvalue weighted by Crippen LogP contribution is -2.38. The van der Waals surface area contributed by atoms with E-state index in [1.165, 1.54) is 12.1 Å². The quantitative estimate of drug-likeness (QED) is 0.405. The van der Waals surface area contributed by atoms with Crippen LogP contribution in [0, 0.1) is 12.7 Å². The molecule has 0 aliphatic rings. The summed E-state index contributed by atoms with van der Waals surface area (Å²) in [6.07, 6.45) is 0.873. The molecule has 1 heterocycles. The molecule has 142 valence electrons. The number of ether oxygens (including phenoxy) is 1. The molecule has 0 saturated heterocycles. The fourth-order valence-corrected chi connectivity index (χ4v) is 2.27. The third-order valence-electron chi connectivity index (χ3n) is 3.87. The van der Waals surface area contributed by atoms with E-state index in [9.17, 15) is 4.39 Å². The standard InChI is InChI=1S/C18H27FN6O/c1-4-26-10-6-9-20-18(21-12-15-7-5-8-16(19)11-15)22-13-17-24-23-14(2)25(17)3/h5,7-8,11H,4,6,9-10,12-13H2,1-3H3,(H2,20,21,22). The Morgan fingerprint density at radius 1 is 1.31 bits per heavy atom. The van der Waals surface area contributed by atoms with Crippen molar-refractivity contribution >= 4 is 5.96 Å². The van der Waals surface area contributed by atoms with Gasteiger partial charge in [-0.25, -0.2) is 9.38 Å². The molecule has 0 bridgehead atoms. The number of hydrogen-bond acceptors (Lipinski definition) is 4. The highest BCUT2D eigenvalue weighted by atomic mass is 19.1. The van der Waals surface area contributed by atoms with Crippen LogP contribution in [-0.2, 0) is 24.9 Å². The number of aliphatic imine (C=N–C) groups is 1. The Hall–Kier alpha value is -2.48. The van der Waals surface area contributed by atoms with Gasteiger partial charge in [0.15, 0.2) is 11.8 Å². The average molecular weight is 362 g/mol. The molecular formula is C18H27FN6O. The van der Waals surface area contributed by atoms with E-state index in [4.69, 9.17) is 4.74 Å². The van der Waals surface area contributed by atoms with Gasteiger partial charge in [0.05, 0.1) is 13.1 Å². The van der Waals surface area contributed by atoms with Gasteiger partial charge in [0, 0.05) is 26.8 Å². The number of guanidine groups is 1. The van der Waals surface area contributed by atoms with E-state index >= 15 is 0 Å². The molecule has 0 aliphatic heterocycles. The van der Waals surface area contributed by atoms with E-state index in [-0.39, 0.29) is 5.82 Å². The fourth-order valence-electron chi connectivity index (χ4n) is 2.27. The number of rotatable bonds is 9. The first kappa shape index (κ1) is 19.8. The molecule has 7 nitrogen and oxygen atoms in total. The molecule has 2 rings (SSSR count). The topological polar surface area (TPSA) is 76.4 Å². The number of nitrogens with one attached hydrogen (secondary N) is 2. The molecule has 0 amide bonds. The first-order valence-corrected chi connectivity index (χ1v) is 8.79. The smallest absolute Gasteiger partial charge is 0.191 e. The molecule has 1 aromatic carbocycles. The molecule has 8 heteroatoms.